The van der Waals surface area contributed by atoms with Crippen molar-refractivity contribution in [1.82, 2.24) is 5.06 Å². The summed E-state index contributed by atoms with van der Waals surface area (Å²) >= 11 is 0. The van der Waals surface area contributed by atoms with E-state index in [-0.39, 0.29) is 13.0 Å². The Labute approximate surface area is 91.9 Å². The lowest BCUT2D eigenvalue weighted by Gasteiger charge is -2.17. The number of nitrogens with zero attached hydrogens (tertiary/aromatic N) is 2. The predicted molar refractivity (Wildman–Crippen MR) is 55.4 cm³/mol. The van der Waals surface area contributed by atoms with Crippen molar-refractivity contribution in [1.29, 1.82) is 0 Å². The highest BCUT2D eigenvalue weighted by atomic mass is 31.2. The van der Waals surface area contributed by atoms with E-state index < -0.39 is 25.2 Å². The van der Waals surface area contributed by atoms with Crippen LogP contribution in [0.2, 0.25) is 0 Å². The Morgan fingerprint density at radius 1 is 1.50 bits per heavy atom. The summed E-state index contributed by atoms with van der Waals surface area (Å²) in [6.45, 7) is 0.828. The highest BCUT2D eigenvalue weighted by Gasteiger charge is 2.29. The van der Waals surface area contributed by atoms with Crippen molar-refractivity contribution in [3.8, 4) is 0 Å². The van der Waals surface area contributed by atoms with Crippen LogP contribution in [0.15, 0.2) is 4.99 Å². The second-order valence-electron chi connectivity index (χ2n) is 3.05. The lowest BCUT2D eigenvalue weighted by atomic mass is 10.4. The maximum absolute atomic E-state index is 10.9. The molecule has 0 aliphatic carbocycles. The number of guanidine groups is 1. The van der Waals surface area contributed by atoms with Crippen LogP contribution < -0.4 is 11.5 Å². The summed E-state index contributed by atoms with van der Waals surface area (Å²) < 4.78 is 10.9. The van der Waals surface area contributed by atoms with Crippen LogP contribution in [0.25, 0.3) is 0 Å². The van der Waals surface area contributed by atoms with Crippen LogP contribution in [0.5, 0.6) is 0 Å². The molecule has 0 bridgehead atoms. The first-order chi connectivity index (χ1) is 7.14. The average Bonchev–Trinajstić information content (AvgIpc) is 2.08. The summed E-state index contributed by atoms with van der Waals surface area (Å²) in [4.78, 5) is 31.7. The second-order valence-corrected chi connectivity index (χ2v) is 4.83. The van der Waals surface area contributed by atoms with E-state index in [9.17, 15) is 9.36 Å². The first-order valence-corrected chi connectivity index (χ1v) is 5.93. The third kappa shape index (κ3) is 5.66. The molecule has 7 N–H and O–H groups in total. The summed E-state index contributed by atoms with van der Waals surface area (Å²) in [7, 11) is -4.51. The molecule has 0 heterocycles. The van der Waals surface area contributed by atoms with Gasteiger partial charge < -0.3 is 21.3 Å². The van der Waals surface area contributed by atoms with E-state index in [2.05, 4.69) is 4.99 Å². The van der Waals surface area contributed by atoms with Gasteiger partial charge in [-0.3, -0.25) is 14.6 Å². The van der Waals surface area contributed by atoms with Crippen molar-refractivity contribution in [3.63, 3.8) is 0 Å². The fourth-order valence-electron chi connectivity index (χ4n) is 0.875. The first-order valence-electron chi connectivity index (χ1n) is 4.25. The SMILES string of the molecule is CC(=O)N(O)CCC(N=C(N)N)P(=O)(O)O. The lowest BCUT2D eigenvalue weighted by molar-refractivity contribution is -0.162. The molecule has 0 spiro atoms. The Hall–Kier alpha value is -1.15. The molecular formula is C6H15N4O5P. The van der Waals surface area contributed by atoms with E-state index in [4.69, 9.17) is 26.5 Å². The molecule has 0 radical (unpaired) electrons. The third-order valence-electron chi connectivity index (χ3n) is 1.65. The topological polar surface area (TPSA) is 162 Å². The third-order valence-corrected chi connectivity index (χ3v) is 2.80. The largest absolute Gasteiger partial charge is 0.370 e. The monoisotopic (exact) mass is 254 g/mol. The number of nitrogens with two attached hydrogens (primary N) is 2. The summed E-state index contributed by atoms with van der Waals surface area (Å²) in [6.07, 6.45) is -0.252. The van der Waals surface area contributed by atoms with Crippen LogP contribution >= 0.6 is 7.60 Å². The fourth-order valence-corrected chi connectivity index (χ4v) is 1.61. The van der Waals surface area contributed by atoms with E-state index >= 15 is 0 Å². The molecule has 0 aromatic carbocycles. The second kappa shape index (κ2) is 5.80. The number of rotatable bonds is 5. The molecular weight excluding hydrogens is 239 g/mol. The molecule has 0 aromatic heterocycles. The molecule has 10 heteroatoms. The zero-order valence-electron chi connectivity index (χ0n) is 8.65. The van der Waals surface area contributed by atoms with Crippen molar-refractivity contribution < 1.29 is 24.4 Å². The lowest BCUT2D eigenvalue weighted by Crippen LogP contribution is -2.30. The van der Waals surface area contributed by atoms with Crippen molar-refractivity contribution in [2.45, 2.75) is 19.1 Å². The minimum atomic E-state index is -4.51. The molecule has 1 amide bonds. The molecule has 0 saturated heterocycles. The van der Waals surface area contributed by atoms with Gasteiger partial charge in [0.1, 0.15) is 0 Å². The Bertz CT molecular complexity index is 323. The van der Waals surface area contributed by atoms with E-state index in [1.54, 1.807) is 0 Å². The van der Waals surface area contributed by atoms with E-state index in [1.807, 2.05) is 0 Å². The Morgan fingerprint density at radius 2 is 2.00 bits per heavy atom. The van der Waals surface area contributed by atoms with Crippen LogP contribution in [-0.2, 0) is 9.36 Å². The first kappa shape index (κ1) is 14.8. The molecule has 0 aliphatic heterocycles. The van der Waals surface area contributed by atoms with Crippen molar-refractivity contribution >= 4 is 19.5 Å². The maximum atomic E-state index is 10.9. The highest BCUT2D eigenvalue weighted by molar-refractivity contribution is 7.52. The Balaban J connectivity index is 4.53. The minimum absolute atomic E-state index is 0.252. The van der Waals surface area contributed by atoms with Crippen LogP contribution in [0.1, 0.15) is 13.3 Å². The van der Waals surface area contributed by atoms with Gasteiger partial charge in [0, 0.05) is 13.3 Å². The van der Waals surface area contributed by atoms with Crippen molar-refractivity contribution in [3.05, 3.63) is 0 Å². The number of hydrogen-bond acceptors (Lipinski definition) is 4. The molecule has 1 atom stereocenters. The Kier molecular flexibility index (Phi) is 5.39. The van der Waals surface area contributed by atoms with Crippen LogP contribution in [0.4, 0.5) is 0 Å². The summed E-state index contributed by atoms with van der Waals surface area (Å²) in [5.74, 6) is -2.58. The van der Waals surface area contributed by atoms with Gasteiger partial charge in [0.2, 0.25) is 5.91 Å². The van der Waals surface area contributed by atoms with Crippen LogP contribution in [-0.4, -0.2) is 44.3 Å². The molecule has 0 saturated carbocycles. The van der Waals surface area contributed by atoms with Gasteiger partial charge in [0.05, 0.1) is 6.54 Å². The van der Waals surface area contributed by atoms with Gasteiger partial charge in [-0.2, -0.15) is 0 Å². The summed E-state index contributed by atoms with van der Waals surface area (Å²) in [5, 5.41) is 9.32. The predicted octanol–water partition coefficient (Wildman–Crippen LogP) is -1.61. The van der Waals surface area contributed by atoms with Gasteiger partial charge in [0.15, 0.2) is 11.7 Å². The maximum Gasteiger partial charge on any atom is 0.350 e. The van der Waals surface area contributed by atoms with Crippen LogP contribution in [0.3, 0.4) is 0 Å². The van der Waals surface area contributed by atoms with Crippen molar-refractivity contribution in [2.24, 2.45) is 16.5 Å². The zero-order chi connectivity index (χ0) is 12.9. The van der Waals surface area contributed by atoms with Gasteiger partial charge in [-0.15, -0.1) is 0 Å². The van der Waals surface area contributed by atoms with Gasteiger partial charge in [-0.05, 0) is 0 Å². The number of carbonyl (C=O) groups is 1. The summed E-state index contributed by atoms with van der Waals surface area (Å²) in [5.41, 5.74) is 10.00. The number of aliphatic imine (C=N–C) groups is 1. The molecule has 16 heavy (non-hydrogen) atoms. The van der Waals surface area contributed by atoms with Crippen LogP contribution in [0, 0.1) is 0 Å². The van der Waals surface area contributed by atoms with Gasteiger partial charge >= 0.3 is 7.60 Å². The number of amides is 1. The number of carbonyl (C=O) groups excluding carboxylic acids is 1. The minimum Gasteiger partial charge on any atom is -0.370 e. The fraction of sp³-hybridized carbons (Fsp3) is 0.667. The van der Waals surface area contributed by atoms with Gasteiger partial charge in [-0.1, -0.05) is 0 Å². The molecule has 0 rings (SSSR count). The number of hydrogen-bond donors (Lipinski definition) is 5. The van der Waals surface area contributed by atoms with Crippen molar-refractivity contribution in [2.75, 3.05) is 6.54 Å². The normalized spacial score (nSPS) is 13.0. The molecule has 1 unspecified atom stereocenters. The standard InChI is InChI=1S/C6H15N4O5P/c1-4(11)10(12)3-2-5(9-6(7)8)16(13,14)15/h5,12H,2-3H2,1H3,(H4,7,8,9)(H2,13,14,15). The zero-order valence-corrected chi connectivity index (χ0v) is 9.54. The molecule has 0 aromatic rings. The van der Waals surface area contributed by atoms with Gasteiger partial charge in [0.25, 0.3) is 0 Å². The van der Waals surface area contributed by atoms with Gasteiger partial charge in [-0.25, -0.2) is 10.1 Å². The molecule has 0 aliphatic rings. The van der Waals surface area contributed by atoms with E-state index in [0.29, 0.717) is 5.06 Å². The highest BCUT2D eigenvalue weighted by Crippen LogP contribution is 2.43. The summed E-state index contributed by atoms with van der Waals surface area (Å²) in [6, 6.07) is 0. The molecule has 0 fully saturated rings. The quantitative estimate of drug-likeness (QED) is 0.129. The van der Waals surface area contributed by atoms with E-state index in [1.165, 1.54) is 0 Å². The smallest absolute Gasteiger partial charge is 0.350 e. The molecule has 9 nitrogen and oxygen atoms in total. The van der Waals surface area contributed by atoms with E-state index in [0.717, 1.165) is 6.92 Å². The average molecular weight is 254 g/mol. The molecule has 94 valence electrons. The number of hydroxylamine groups is 2. The Morgan fingerprint density at radius 3 is 2.31 bits per heavy atom.